The number of hydrogen-bond acceptors (Lipinski definition) is 8. The molecular formula is C26H30FN5O3. The summed E-state index contributed by atoms with van der Waals surface area (Å²) >= 11 is 0. The van der Waals surface area contributed by atoms with Crippen LogP contribution in [0.3, 0.4) is 0 Å². The summed E-state index contributed by atoms with van der Waals surface area (Å²) in [6.45, 7) is 4.65. The minimum Gasteiger partial charge on any atom is -0.393 e. The molecule has 1 aromatic carbocycles. The quantitative estimate of drug-likeness (QED) is 0.334. The van der Waals surface area contributed by atoms with E-state index in [1.807, 2.05) is 25.1 Å². The van der Waals surface area contributed by atoms with E-state index < -0.39 is 6.29 Å². The van der Waals surface area contributed by atoms with E-state index in [2.05, 4.69) is 20.1 Å². The van der Waals surface area contributed by atoms with E-state index in [0.717, 1.165) is 40.1 Å². The van der Waals surface area contributed by atoms with Crippen LogP contribution in [0, 0.1) is 17.7 Å². The van der Waals surface area contributed by atoms with Crippen LogP contribution in [0.15, 0.2) is 57.9 Å². The molecule has 9 heteroatoms. The molecule has 4 atom stereocenters. The van der Waals surface area contributed by atoms with Gasteiger partial charge < -0.3 is 14.4 Å². The van der Waals surface area contributed by atoms with Gasteiger partial charge in [-0.15, -0.1) is 0 Å². The smallest absolute Gasteiger partial charge is 0.191 e. The molecule has 1 fully saturated rings. The second-order valence-corrected chi connectivity index (χ2v) is 8.92. The van der Waals surface area contributed by atoms with Gasteiger partial charge in [-0.25, -0.2) is 4.39 Å². The van der Waals surface area contributed by atoms with Gasteiger partial charge in [0.15, 0.2) is 6.29 Å². The summed E-state index contributed by atoms with van der Waals surface area (Å²) in [4.78, 5) is 29.6. The predicted molar refractivity (Wildman–Crippen MR) is 133 cm³/mol. The van der Waals surface area contributed by atoms with E-state index in [9.17, 15) is 9.18 Å². The zero-order chi connectivity index (χ0) is 24.8. The number of fused-ring (bicyclic) bond motifs is 1. The Bertz CT molecular complexity index is 1140. The molecule has 2 aliphatic rings. The zero-order valence-corrected chi connectivity index (χ0v) is 19.9. The number of nitrogens with zero attached hydrogens (tertiary/aromatic N) is 4. The lowest BCUT2D eigenvalue weighted by molar-refractivity contribution is -0.112. The number of carbonyl (C=O) groups is 1. The number of carbonyl (C=O) groups excluding carboxylic acids is 1. The lowest BCUT2D eigenvalue weighted by atomic mass is 9.72. The first-order chi connectivity index (χ1) is 17.0. The van der Waals surface area contributed by atoms with Crippen LogP contribution in [0.5, 0.6) is 0 Å². The number of oxime groups is 1. The van der Waals surface area contributed by atoms with Gasteiger partial charge in [0.05, 0.1) is 24.8 Å². The van der Waals surface area contributed by atoms with Gasteiger partial charge in [0.25, 0.3) is 0 Å². The average molecular weight is 480 g/mol. The first kappa shape index (κ1) is 24.8. The van der Waals surface area contributed by atoms with Crippen LogP contribution in [-0.2, 0) is 14.4 Å². The van der Waals surface area contributed by atoms with E-state index in [0.29, 0.717) is 26.1 Å². The minimum atomic E-state index is -0.638. The number of rotatable bonds is 9. The molecule has 0 saturated heterocycles. The van der Waals surface area contributed by atoms with Gasteiger partial charge in [-0.1, -0.05) is 24.2 Å². The molecular weight excluding hydrogens is 449 g/mol. The summed E-state index contributed by atoms with van der Waals surface area (Å²) in [5.41, 5.74) is 11.2. The molecule has 0 radical (unpaired) electrons. The summed E-state index contributed by atoms with van der Waals surface area (Å²) in [7, 11) is 0. The molecule has 0 bridgehead atoms. The number of halogens is 1. The van der Waals surface area contributed by atoms with Crippen molar-refractivity contribution in [2.45, 2.75) is 38.9 Å². The Morgan fingerprint density at radius 1 is 1.26 bits per heavy atom. The predicted octanol–water partition coefficient (Wildman–Crippen LogP) is 3.76. The van der Waals surface area contributed by atoms with Crippen LogP contribution in [0.1, 0.15) is 38.2 Å². The lowest BCUT2D eigenvalue weighted by Crippen LogP contribution is -2.42. The summed E-state index contributed by atoms with van der Waals surface area (Å²) in [5, 5.41) is 4.45. The van der Waals surface area contributed by atoms with Gasteiger partial charge >= 0.3 is 0 Å². The minimum absolute atomic E-state index is 0.00551. The summed E-state index contributed by atoms with van der Waals surface area (Å²) in [6.07, 6.45) is 4.91. The van der Waals surface area contributed by atoms with Crippen LogP contribution < -0.4 is 5.73 Å². The van der Waals surface area contributed by atoms with Crippen molar-refractivity contribution in [3.63, 3.8) is 0 Å². The van der Waals surface area contributed by atoms with Gasteiger partial charge in [0.2, 0.25) is 0 Å². The molecule has 2 N–H and O–H groups in total. The number of nitrogens with two attached hydrogens (primary N) is 1. The largest absolute Gasteiger partial charge is 0.393 e. The van der Waals surface area contributed by atoms with E-state index in [-0.39, 0.29) is 30.2 Å². The molecule has 4 rings (SSSR count). The van der Waals surface area contributed by atoms with Gasteiger partial charge in [0.1, 0.15) is 18.7 Å². The summed E-state index contributed by atoms with van der Waals surface area (Å²) in [5.74, 6) is -0.619. The Morgan fingerprint density at radius 2 is 2.11 bits per heavy atom. The van der Waals surface area contributed by atoms with Gasteiger partial charge in [0, 0.05) is 35.3 Å². The third-order valence-electron chi connectivity index (χ3n) is 6.17. The van der Waals surface area contributed by atoms with Crippen molar-refractivity contribution in [3.8, 4) is 11.1 Å². The third-order valence-corrected chi connectivity index (χ3v) is 6.17. The molecule has 1 aromatic heterocycles. The van der Waals surface area contributed by atoms with E-state index >= 15 is 0 Å². The molecule has 1 saturated carbocycles. The number of aliphatic imine (C=N–C) groups is 2. The zero-order valence-electron chi connectivity index (χ0n) is 19.9. The fourth-order valence-corrected chi connectivity index (χ4v) is 4.60. The molecule has 2 aromatic rings. The van der Waals surface area contributed by atoms with Crippen LogP contribution in [-0.4, -0.2) is 54.5 Å². The van der Waals surface area contributed by atoms with Crippen LogP contribution in [0.2, 0.25) is 0 Å². The molecule has 0 spiro atoms. The molecule has 8 nitrogen and oxygen atoms in total. The van der Waals surface area contributed by atoms with Crippen molar-refractivity contribution in [3.05, 3.63) is 54.1 Å². The molecule has 184 valence electrons. The second kappa shape index (κ2) is 11.4. The number of aromatic nitrogens is 1. The number of pyridine rings is 1. The van der Waals surface area contributed by atoms with Crippen molar-refractivity contribution in [2.24, 2.45) is 32.7 Å². The number of benzene rings is 1. The van der Waals surface area contributed by atoms with Crippen LogP contribution in [0.4, 0.5) is 4.39 Å². The Hall–Kier alpha value is -3.30. The molecule has 1 aliphatic heterocycles. The Kier molecular flexibility index (Phi) is 8.09. The monoisotopic (exact) mass is 479 g/mol. The second-order valence-electron chi connectivity index (χ2n) is 8.92. The van der Waals surface area contributed by atoms with Crippen molar-refractivity contribution < 1.29 is 18.8 Å². The lowest BCUT2D eigenvalue weighted by Gasteiger charge is -2.35. The molecule has 2 heterocycles. The van der Waals surface area contributed by atoms with E-state index in [4.69, 9.17) is 15.3 Å². The van der Waals surface area contributed by atoms with Gasteiger partial charge in [-0.2, -0.15) is 0 Å². The number of aldehydes is 1. The third kappa shape index (κ3) is 6.04. The highest BCUT2D eigenvalue weighted by molar-refractivity contribution is 6.25. The fraction of sp³-hybridized carbons (Fsp3) is 0.423. The van der Waals surface area contributed by atoms with Crippen molar-refractivity contribution in [1.29, 1.82) is 0 Å². The van der Waals surface area contributed by atoms with E-state index in [1.54, 1.807) is 25.4 Å². The van der Waals surface area contributed by atoms with Crippen molar-refractivity contribution >= 4 is 23.4 Å². The molecule has 4 unspecified atom stereocenters. The topological polar surface area (TPSA) is 112 Å². The Morgan fingerprint density at radius 3 is 2.89 bits per heavy atom. The highest BCUT2D eigenvalue weighted by Crippen LogP contribution is 2.39. The van der Waals surface area contributed by atoms with E-state index in [1.165, 1.54) is 6.07 Å². The SMILES string of the molecule is CC1=NC(N)N=C2CC(c3ccc(F)cc3-c3cccnc3)CC(=NOCCOCC(C)C=O)C12. The average Bonchev–Trinajstić information content (AvgIpc) is 2.85. The highest BCUT2D eigenvalue weighted by Gasteiger charge is 2.38. The molecule has 1 aliphatic carbocycles. The normalized spacial score (nSPS) is 23.8. The summed E-state index contributed by atoms with van der Waals surface area (Å²) in [6, 6.07) is 8.61. The van der Waals surface area contributed by atoms with Crippen LogP contribution in [0.25, 0.3) is 11.1 Å². The Balaban J connectivity index is 1.58. The number of ether oxygens (including phenoxy) is 1. The van der Waals surface area contributed by atoms with Gasteiger partial charge in [-0.05, 0) is 55.0 Å². The molecule has 35 heavy (non-hydrogen) atoms. The highest BCUT2D eigenvalue weighted by atomic mass is 19.1. The number of hydrogen-bond donors (Lipinski definition) is 1. The maximum atomic E-state index is 14.2. The first-order valence-corrected chi connectivity index (χ1v) is 11.7. The maximum absolute atomic E-state index is 14.2. The first-order valence-electron chi connectivity index (χ1n) is 11.7. The fourth-order valence-electron chi connectivity index (χ4n) is 4.60. The standard InChI is InChI=1S/C26H30FN5O3/c1-16(14-33)15-34-8-9-35-32-24-11-19(10-23-25(24)17(2)30-26(28)31-23)21-6-5-20(27)12-22(21)18-4-3-7-29-13-18/h3-7,12-14,16,19,25-26H,8-11,15,28H2,1-2H3. The molecule has 0 amide bonds. The van der Waals surface area contributed by atoms with Crippen LogP contribution >= 0.6 is 0 Å². The van der Waals surface area contributed by atoms with Crippen molar-refractivity contribution in [2.75, 3.05) is 19.8 Å². The Labute approximate surface area is 204 Å². The van der Waals surface area contributed by atoms with Gasteiger partial charge in [-0.3, -0.25) is 20.7 Å². The summed E-state index contributed by atoms with van der Waals surface area (Å²) < 4.78 is 19.7. The maximum Gasteiger partial charge on any atom is 0.191 e. The van der Waals surface area contributed by atoms with Crippen molar-refractivity contribution in [1.82, 2.24) is 4.98 Å².